The first kappa shape index (κ1) is 26.8. The van der Waals surface area contributed by atoms with Gasteiger partial charge in [-0.15, -0.1) is 0 Å². The van der Waals surface area contributed by atoms with Crippen molar-refractivity contribution in [1.29, 1.82) is 0 Å². The molecule has 1 aromatic heterocycles. The Balaban J connectivity index is 1.55. The second-order valence-corrected chi connectivity index (χ2v) is 8.98. The second-order valence-electron chi connectivity index (χ2n) is 8.98. The van der Waals surface area contributed by atoms with Crippen molar-refractivity contribution >= 4 is 24.0 Å². The van der Waals surface area contributed by atoms with E-state index in [0.717, 1.165) is 25.0 Å². The molecule has 11 nitrogen and oxygen atoms in total. The van der Waals surface area contributed by atoms with Crippen molar-refractivity contribution < 1.29 is 28.9 Å². The minimum atomic E-state index is -0.412. The molecule has 4 N–H and O–H groups in total. The second kappa shape index (κ2) is 12.8. The molecule has 0 bridgehead atoms. The van der Waals surface area contributed by atoms with Gasteiger partial charge in [0, 0.05) is 48.6 Å². The van der Waals surface area contributed by atoms with Crippen LogP contribution in [0.25, 0.3) is 0 Å². The van der Waals surface area contributed by atoms with E-state index in [2.05, 4.69) is 25.8 Å². The Kier molecular flexibility index (Phi) is 9.54. The fourth-order valence-corrected chi connectivity index (χ4v) is 3.92. The summed E-state index contributed by atoms with van der Waals surface area (Å²) in [6, 6.07) is 4.85. The lowest BCUT2D eigenvalue weighted by atomic mass is 10.0. The highest BCUT2D eigenvalue weighted by molar-refractivity contribution is 5.92. The molecule has 1 heterocycles. The fraction of sp³-hybridized carbons (Fsp3) is 0.520. The molecule has 1 fully saturated rings. The lowest BCUT2D eigenvalue weighted by molar-refractivity contribution is -0.118. The van der Waals surface area contributed by atoms with Gasteiger partial charge in [0.25, 0.3) is 5.91 Å². The molecule has 1 aliphatic rings. The first-order chi connectivity index (χ1) is 17.3. The number of hydrogen-bond donors (Lipinski definition) is 4. The van der Waals surface area contributed by atoms with Crippen LogP contribution < -0.4 is 20.1 Å². The molecule has 1 aromatic carbocycles. The Morgan fingerprint density at radius 2 is 2.11 bits per heavy atom. The zero-order valence-corrected chi connectivity index (χ0v) is 21.2. The SMILES string of the molecule is CCCN=Cc1c(O)cc(OC)cc1OCC(=O)Nc1cc([C@H]2CC[C@@H](OC(=O)NC(C)C)C2)[nH]n1. The van der Waals surface area contributed by atoms with Gasteiger partial charge in [-0.05, 0) is 39.5 Å². The van der Waals surface area contributed by atoms with Gasteiger partial charge in [0.05, 0.1) is 12.7 Å². The molecular formula is C25H35N5O6. The normalized spacial score (nSPS) is 17.4. The number of carbonyl (C=O) groups is 2. The van der Waals surface area contributed by atoms with E-state index >= 15 is 0 Å². The van der Waals surface area contributed by atoms with Crippen LogP contribution in [0.2, 0.25) is 0 Å². The lowest BCUT2D eigenvalue weighted by Crippen LogP contribution is -2.33. The molecule has 0 unspecified atom stereocenters. The van der Waals surface area contributed by atoms with Crippen molar-refractivity contribution in [1.82, 2.24) is 15.5 Å². The molecule has 2 amide bonds. The van der Waals surface area contributed by atoms with Gasteiger partial charge in [0.1, 0.15) is 23.4 Å². The Hall–Kier alpha value is -3.76. The lowest BCUT2D eigenvalue weighted by Gasteiger charge is -2.14. The molecule has 0 saturated heterocycles. The smallest absolute Gasteiger partial charge is 0.407 e. The molecule has 0 radical (unpaired) electrons. The number of rotatable bonds is 11. The maximum atomic E-state index is 12.5. The van der Waals surface area contributed by atoms with E-state index in [1.807, 2.05) is 20.8 Å². The number of alkyl carbamates (subject to hydrolysis) is 1. The third-order valence-electron chi connectivity index (χ3n) is 5.63. The van der Waals surface area contributed by atoms with Crippen molar-refractivity contribution in [3.63, 3.8) is 0 Å². The highest BCUT2D eigenvalue weighted by Crippen LogP contribution is 2.36. The number of ether oxygens (including phenoxy) is 3. The van der Waals surface area contributed by atoms with E-state index in [-0.39, 0.29) is 36.2 Å². The van der Waals surface area contributed by atoms with Crippen molar-refractivity contribution in [3.05, 3.63) is 29.5 Å². The van der Waals surface area contributed by atoms with Crippen LogP contribution in [-0.4, -0.2) is 65.9 Å². The van der Waals surface area contributed by atoms with E-state index in [9.17, 15) is 14.7 Å². The number of hydrogen-bond acceptors (Lipinski definition) is 8. The van der Waals surface area contributed by atoms with Crippen LogP contribution in [0.5, 0.6) is 17.2 Å². The van der Waals surface area contributed by atoms with Crippen LogP contribution in [0.15, 0.2) is 23.2 Å². The number of carbonyl (C=O) groups excluding carboxylic acids is 2. The maximum Gasteiger partial charge on any atom is 0.407 e. The number of nitrogens with zero attached hydrogens (tertiary/aromatic N) is 2. The standard InChI is InChI=1S/C25H35N5O6/c1-5-8-26-13-19-21(31)10-18(34-4)11-22(19)35-14-24(32)28-23-12-20(29-30-23)16-6-7-17(9-16)36-25(33)27-15(2)3/h10-13,15-17,31H,5-9,14H2,1-4H3,(H,27,33)(H2,28,29,30,32)/t16-,17+/m0/s1. The van der Waals surface area contributed by atoms with Crippen LogP contribution in [0.4, 0.5) is 10.6 Å². The molecule has 11 heteroatoms. The largest absolute Gasteiger partial charge is 0.507 e. The molecule has 1 saturated carbocycles. The fourth-order valence-electron chi connectivity index (χ4n) is 3.92. The van der Waals surface area contributed by atoms with E-state index in [1.54, 1.807) is 12.1 Å². The van der Waals surface area contributed by atoms with Crippen molar-refractivity contribution in [3.8, 4) is 17.2 Å². The predicted molar refractivity (Wildman–Crippen MR) is 135 cm³/mol. The van der Waals surface area contributed by atoms with Crippen molar-refractivity contribution in [2.24, 2.45) is 4.99 Å². The first-order valence-electron chi connectivity index (χ1n) is 12.1. The molecule has 2 atom stereocenters. The van der Waals surface area contributed by atoms with Crippen LogP contribution in [0.1, 0.15) is 63.6 Å². The maximum absolute atomic E-state index is 12.5. The molecular weight excluding hydrogens is 466 g/mol. The third kappa shape index (κ3) is 7.62. The van der Waals surface area contributed by atoms with Gasteiger partial charge >= 0.3 is 6.09 Å². The molecule has 196 valence electrons. The molecule has 2 aromatic rings. The van der Waals surface area contributed by atoms with Crippen LogP contribution >= 0.6 is 0 Å². The Labute approximate surface area is 210 Å². The Morgan fingerprint density at radius 3 is 2.83 bits per heavy atom. The summed E-state index contributed by atoms with van der Waals surface area (Å²) in [7, 11) is 1.48. The van der Waals surface area contributed by atoms with Gasteiger partial charge in [0.15, 0.2) is 12.4 Å². The van der Waals surface area contributed by atoms with Crippen LogP contribution in [-0.2, 0) is 9.53 Å². The van der Waals surface area contributed by atoms with E-state index in [1.165, 1.54) is 19.4 Å². The van der Waals surface area contributed by atoms with Crippen LogP contribution in [0, 0.1) is 0 Å². The summed E-state index contributed by atoms with van der Waals surface area (Å²) in [5.41, 5.74) is 1.24. The monoisotopic (exact) mass is 501 g/mol. The summed E-state index contributed by atoms with van der Waals surface area (Å²) in [6.07, 6.45) is 4.12. The van der Waals surface area contributed by atoms with Crippen molar-refractivity contribution in [2.45, 2.75) is 64.5 Å². The minimum Gasteiger partial charge on any atom is -0.507 e. The Bertz CT molecular complexity index is 1070. The van der Waals surface area contributed by atoms with Crippen molar-refractivity contribution in [2.75, 3.05) is 25.6 Å². The predicted octanol–water partition coefficient (Wildman–Crippen LogP) is 3.74. The number of methoxy groups -OCH3 is 1. The number of benzene rings is 1. The van der Waals surface area contributed by atoms with Gasteiger partial charge in [0.2, 0.25) is 0 Å². The quantitative estimate of drug-likeness (QED) is 0.343. The summed E-state index contributed by atoms with van der Waals surface area (Å²) in [4.78, 5) is 28.6. The van der Waals surface area contributed by atoms with Gasteiger partial charge in [-0.25, -0.2) is 4.79 Å². The van der Waals surface area contributed by atoms with E-state index < -0.39 is 12.0 Å². The average Bonchev–Trinajstić information content (AvgIpc) is 3.47. The summed E-state index contributed by atoms with van der Waals surface area (Å²) in [5, 5.41) is 22.9. The van der Waals surface area contributed by atoms with E-state index in [0.29, 0.717) is 30.1 Å². The molecule has 0 spiro atoms. The number of aromatic hydroxyl groups is 1. The third-order valence-corrected chi connectivity index (χ3v) is 5.63. The number of aromatic amines is 1. The number of anilines is 1. The van der Waals surface area contributed by atoms with Gasteiger partial charge in [-0.1, -0.05) is 6.92 Å². The first-order valence-corrected chi connectivity index (χ1v) is 12.1. The molecule has 36 heavy (non-hydrogen) atoms. The zero-order valence-electron chi connectivity index (χ0n) is 21.2. The average molecular weight is 502 g/mol. The number of amides is 2. The summed E-state index contributed by atoms with van der Waals surface area (Å²) in [5.74, 6) is 0.739. The highest BCUT2D eigenvalue weighted by Gasteiger charge is 2.30. The summed E-state index contributed by atoms with van der Waals surface area (Å²) in [6.45, 7) is 6.06. The molecule has 0 aliphatic heterocycles. The number of H-pyrrole nitrogens is 1. The number of phenols is 1. The summed E-state index contributed by atoms with van der Waals surface area (Å²) < 4.78 is 16.3. The zero-order chi connectivity index (χ0) is 26.1. The molecule has 3 rings (SSSR count). The highest BCUT2D eigenvalue weighted by atomic mass is 16.6. The number of nitrogens with one attached hydrogen (secondary N) is 3. The minimum absolute atomic E-state index is 0.0212. The topological polar surface area (TPSA) is 147 Å². The van der Waals surface area contributed by atoms with Gasteiger partial charge < -0.3 is 30.0 Å². The Morgan fingerprint density at radius 1 is 1.31 bits per heavy atom. The van der Waals surface area contributed by atoms with E-state index in [4.69, 9.17) is 14.2 Å². The van der Waals surface area contributed by atoms with Crippen LogP contribution in [0.3, 0.4) is 0 Å². The number of aliphatic imine (C=N–C) groups is 1. The number of aromatic nitrogens is 2. The summed E-state index contributed by atoms with van der Waals surface area (Å²) >= 11 is 0. The van der Waals surface area contributed by atoms with Gasteiger partial charge in [-0.3, -0.25) is 14.9 Å². The van der Waals surface area contributed by atoms with Gasteiger partial charge in [-0.2, -0.15) is 5.10 Å². The number of phenolic OH excluding ortho intramolecular Hbond substituents is 1. The molecule has 1 aliphatic carbocycles.